The van der Waals surface area contributed by atoms with Crippen LogP contribution in [0.4, 0.5) is 0 Å². The standard InChI is InChI=1S/C12H15N3O/c1-6-7(2)11-9(10(16)4-13)5-14-12(11)15-8(6)3/h5H,4,13H2,1-3H3,(H,14,15). The lowest BCUT2D eigenvalue weighted by Gasteiger charge is -2.06. The van der Waals surface area contributed by atoms with Crippen LogP contribution in [0.3, 0.4) is 0 Å². The molecule has 0 aliphatic rings. The van der Waals surface area contributed by atoms with E-state index in [1.54, 1.807) is 6.20 Å². The van der Waals surface area contributed by atoms with Crippen LogP contribution >= 0.6 is 0 Å². The predicted molar refractivity (Wildman–Crippen MR) is 63.7 cm³/mol. The second-order valence-electron chi connectivity index (χ2n) is 4.00. The predicted octanol–water partition coefficient (Wildman–Crippen LogP) is 1.63. The number of carbonyl (C=O) groups excluding carboxylic acids is 1. The van der Waals surface area contributed by atoms with Gasteiger partial charge >= 0.3 is 0 Å². The Morgan fingerprint density at radius 3 is 2.69 bits per heavy atom. The molecular formula is C12H15N3O. The molecule has 0 saturated carbocycles. The summed E-state index contributed by atoms with van der Waals surface area (Å²) in [5.74, 6) is -0.0561. The van der Waals surface area contributed by atoms with Crippen LogP contribution in [0.25, 0.3) is 11.0 Å². The molecule has 16 heavy (non-hydrogen) atoms. The van der Waals surface area contributed by atoms with Crippen molar-refractivity contribution >= 4 is 16.8 Å². The van der Waals surface area contributed by atoms with Gasteiger partial charge in [-0.25, -0.2) is 4.98 Å². The number of nitrogens with two attached hydrogens (primary N) is 1. The van der Waals surface area contributed by atoms with Crippen molar-refractivity contribution < 1.29 is 4.79 Å². The third-order valence-electron chi connectivity index (χ3n) is 3.10. The molecule has 2 heterocycles. The summed E-state index contributed by atoms with van der Waals surface area (Å²) in [6.07, 6.45) is 1.69. The summed E-state index contributed by atoms with van der Waals surface area (Å²) in [7, 11) is 0. The van der Waals surface area contributed by atoms with Crippen LogP contribution in [0.15, 0.2) is 6.20 Å². The second-order valence-corrected chi connectivity index (χ2v) is 4.00. The van der Waals surface area contributed by atoms with Gasteiger partial charge < -0.3 is 10.7 Å². The Kier molecular flexibility index (Phi) is 2.52. The Hall–Kier alpha value is -1.68. The average molecular weight is 217 g/mol. The zero-order valence-electron chi connectivity index (χ0n) is 9.72. The SMILES string of the molecule is Cc1nc2[nH]cc(C(=O)CN)c2c(C)c1C. The van der Waals surface area contributed by atoms with Crippen molar-refractivity contribution in [2.24, 2.45) is 5.73 Å². The minimum Gasteiger partial charge on any atom is -0.345 e. The highest BCUT2D eigenvalue weighted by Crippen LogP contribution is 2.25. The van der Waals surface area contributed by atoms with Gasteiger partial charge in [-0.1, -0.05) is 0 Å². The molecule has 3 N–H and O–H groups in total. The summed E-state index contributed by atoms with van der Waals surface area (Å²) < 4.78 is 0. The van der Waals surface area contributed by atoms with Crippen molar-refractivity contribution in [3.63, 3.8) is 0 Å². The number of rotatable bonds is 2. The highest BCUT2D eigenvalue weighted by Gasteiger charge is 2.15. The van der Waals surface area contributed by atoms with Crippen LogP contribution < -0.4 is 5.73 Å². The second kappa shape index (κ2) is 3.72. The molecule has 0 bridgehead atoms. The summed E-state index contributed by atoms with van der Waals surface area (Å²) in [6, 6.07) is 0. The van der Waals surface area contributed by atoms with E-state index >= 15 is 0 Å². The highest BCUT2D eigenvalue weighted by atomic mass is 16.1. The quantitative estimate of drug-likeness (QED) is 0.751. The largest absolute Gasteiger partial charge is 0.345 e. The molecule has 0 fully saturated rings. The van der Waals surface area contributed by atoms with Crippen LogP contribution in [0, 0.1) is 20.8 Å². The maximum absolute atomic E-state index is 11.7. The summed E-state index contributed by atoms with van der Waals surface area (Å²) in [6.45, 7) is 6.01. The smallest absolute Gasteiger partial charge is 0.178 e. The third kappa shape index (κ3) is 1.42. The van der Waals surface area contributed by atoms with E-state index in [1.165, 1.54) is 0 Å². The maximum Gasteiger partial charge on any atom is 0.178 e. The van der Waals surface area contributed by atoms with Gasteiger partial charge in [-0.3, -0.25) is 4.79 Å². The van der Waals surface area contributed by atoms with E-state index in [-0.39, 0.29) is 12.3 Å². The number of aryl methyl sites for hydroxylation is 2. The van der Waals surface area contributed by atoms with Crippen LogP contribution in [-0.4, -0.2) is 22.3 Å². The number of hydrogen-bond donors (Lipinski definition) is 2. The van der Waals surface area contributed by atoms with E-state index in [0.717, 1.165) is 27.9 Å². The number of fused-ring (bicyclic) bond motifs is 1. The fourth-order valence-electron chi connectivity index (χ4n) is 1.92. The van der Waals surface area contributed by atoms with E-state index in [0.29, 0.717) is 5.56 Å². The van der Waals surface area contributed by atoms with Crippen molar-refractivity contribution in [1.82, 2.24) is 9.97 Å². The molecule has 0 spiro atoms. The molecule has 2 aromatic rings. The number of aromatic nitrogens is 2. The van der Waals surface area contributed by atoms with E-state index in [9.17, 15) is 4.79 Å². The molecule has 4 heteroatoms. The van der Waals surface area contributed by atoms with Gasteiger partial charge in [0.25, 0.3) is 0 Å². The van der Waals surface area contributed by atoms with Gasteiger partial charge in [0.05, 0.1) is 6.54 Å². The molecule has 0 amide bonds. The molecule has 0 atom stereocenters. The number of pyridine rings is 1. The van der Waals surface area contributed by atoms with E-state index in [1.807, 2.05) is 20.8 Å². The molecule has 0 saturated heterocycles. The first-order valence-corrected chi connectivity index (χ1v) is 5.24. The molecule has 2 aromatic heterocycles. The number of ketones is 1. The molecule has 0 radical (unpaired) electrons. The lowest BCUT2D eigenvalue weighted by atomic mass is 10.0. The van der Waals surface area contributed by atoms with Gasteiger partial charge in [0.2, 0.25) is 0 Å². The van der Waals surface area contributed by atoms with Crippen LogP contribution in [-0.2, 0) is 0 Å². The maximum atomic E-state index is 11.7. The molecule has 0 unspecified atom stereocenters. The summed E-state index contributed by atoms with van der Waals surface area (Å²) in [4.78, 5) is 19.1. The van der Waals surface area contributed by atoms with Crippen molar-refractivity contribution in [2.75, 3.05) is 6.54 Å². The number of nitrogens with one attached hydrogen (secondary N) is 1. The van der Waals surface area contributed by atoms with E-state index in [4.69, 9.17) is 5.73 Å². The number of carbonyl (C=O) groups is 1. The van der Waals surface area contributed by atoms with Gasteiger partial charge in [0, 0.05) is 22.8 Å². The number of Topliss-reactive ketones (excluding diaryl/α,β-unsaturated/α-hetero) is 1. The Morgan fingerprint density at radius 1 is 1.38 bits per heavy atom. The van der Waals surface area contributed by atoms with Crippen molar-refractivity contribution in [3.05, 3.63) is 28.6 Å². The first-order chi connectivity index (χ1) is 7.56. The van der Waals surface area contributed by atoms with Crippen LogP contribution in [0.2, 0.25) is 0 Å². The van der Waals surface area contributed by atoms with Gasteiger partial charge in [-0.15, -0.1) is 0 Å². The molecule has 0 aromatic carbocycles. The van der Waals surface area contributed by atoms with Crippen LogP contribution in [0.1, 0.15) is 27.2 Å². The molecule has 0 aliphatic carbocycles. The summed E-state index contributed by atoms with van der Waals surface area (Å²) >= 11 is 0. The highest BCUT2D eigenvalue weighted by molar-refractivity contribution is 6.09. The number of nitrogens with zero attached hydrogens (tertiary/aromatic N) is 1. The topological polar surface area (TPSA) is 71.8 Å². The summed E-state index contributed by atoms with van der Waals surface area (Å²) in [5.41, 5.74) is 10.00. The van der Waals surface area contributed by atoms with E-state index in [2.05, 4.69) is 9.97 Å². The van der Waals surface area contributed by atoms with Gasteiger partial charge in [-0.2, -0.15) is 0 Å². The Morgan fingerprint density at radius 2 is 2.06 bits per heavy atom. The lowest BCUT2D eigenvalue weighted by molar-refractivity contribution is 0.100. The molecule has 0 aliphatic heterocycles. The number of H-pyrrole nitrogens is 1. The van der Waals surface area contributed by atoms with Crippen molar-refractivity contribution in [3.8, 4) is 0 Å². The van der Waals surface area contributed by atoms with E-state index < -0.39 is 0 Å². The Labute approximate surface area is 93.9 Å². The fraction of sp³-hybridized carbons (Fsp3) is 0.333. The molecule has 2 rings (SSSR count). The lowest BCUT2D eigenvalue weighted by Crippen LogP contribution is -2.13. The van der Waals surface area contributed by atoms with Gasteiger partial charge in [0.15, 0.2) is 5.78 Å². The monoisotopic (exact) mass is 217 g/mol. The van der Waals surface area contributed by atoms with Crippen molar-refractivity contribution in [1.29, 1.82) is 0 Å². The fourth-order valence-corrected chi connectivity index (χ4v) is 1.92. The zero-order chi connectivity index (χ0) is 11.9. The van der Waals surface area contributed by atoms with Crippen molar-refractivity contribution in [2.45, 2.75) is 20.8 Å². The van der Waals surface area contributed by atoms with Gasteiger partial charge in [-0.05, 0) is 31.9 Å². The van der Waals surface area contributed by atoms with Gasteiger partial charge in [0.1, 0.15) is 5.65 Å². The Bertz CT molecular complexity index is 569. The first kappa shape index (κ1) is 10.8. The number of aromatic amines is 1. The zero-order valence-corrected chi connectivity index (χ0v) is 9.72. The minimum absolute atomic E-state index is 0.0271. The number of hydrogen-bond acceptors (Lipinski definition) is 3. The average Bonchev–Trinajstić information content (AvgIpc) is 2.68. The molecule has 4 nitrogen and oxygen atoms in total. The normalized spacial score (nSPS) is 11.0. The first-order valence-electron chi connectivity index (χ1n) is 5.24. The Balaban J connectivity index is 2.81. The minimum atomic E-state index is -0.0561. The van der Waals surface area contributed by atoms with Crippen LogP contribution in [0.5, 0.6) is 0 Å². The molecule has 84 valence electrons. The summed E-state index contributed by atoms with van der Waals surface area (Å²) in [5, 5.41) is 0.901. The molecular weight excluding hydrogens is 202 g/mol. The third-order valence-corrected chi connectivity index (χ3v) is 3.10.